The molecule has 3 heteroatoms. The molecule has 2 fully saturated rings. The van der Waals surface area contributed by atoms with Crippen LogP contribution in [0, 0.1) is 0 Å². The summed E-state index contributed by atoms with van der Waals surface area (Å²) in [4.78, 5) is 2.74. The number of fused-ring (bicyclic) bond motifs is 2. The van der Waals surface area contributed by atoms with Gasteiger partial charge in [0.1, 0.15) is 5.75 Å². The first kappa shape index (κ1) is 16.8. The van der Waals surface area contributed by atoms with Gasteiger partial charge in [-0.15, -0.1) is 17.0 Å². The Morgan fingerprint density at radius 1 is 1.33 bits per heavy atom. The quantitative estimate of drug-likeness (QED) is 0.768. The summed E-state index contributed by atoms with van der Waals surface area (Å²) in [6, 6.07) is 9.61. The zero-order chi connectivity index (χ0) is 14.0. The van der Waals surface area contributed by atoms with E-state index in [1.54, 1.807) is 7.11 Å². The first-order valence-corrected chi connectivity index (χ1v) is 8.16. The predicted octanol–water partition coefficient (Wildman–Crippen LogP) is 4.57. The maximum atomic E-state index is 5.41. The van der Waals surface area contributed by atoms with Gasteiger partial charge in [-0.25, -0.2) is 0 Å². The number of halogens is 1. The zero-order valence-electron chi connectivity index (χ0n) is 13.3. The second-order valence-electron chi connectivity index (χ2n) is 6.55. The van der Waals surface area contributed by atoms with Crippen LogP contribution in [0.25, 0.3) is 0 Å². The molecular weight excluding hydrogens is 326 g/mol. The maximum Gasteiger partial charge on any atom is 0.119 e. The van der Waals surface area contributed by atoms with Crippen LogP contribution in [0.5, 0.6) is 5.75 Å². The summed E-state index contributed by atoms with van der Waals surface area (Å²) in [5, 5.41) is 0. The minimum Gasteiger partial charge on any atom is -0.497 e. The molecule has 0 amide bonds. The third kappa shape index (κ3) is 3.29. The number of ether oxygens (including phenoxy) is 1. The summed E-state index contributed by atoms with van der Waals surface area (Å²) >= 11 is 0. The van der Waals surface area contributed by atoms with Crippen molar-refractivity contribution in [1.29, 1.82) is 0 Å². The van der Waals surface area contributed by atoms with Gasteiger partial charge in [-0.1, -0.05) is 25.5 Å². The lowest BCUT2D eigenvalue weighted by Gasteiger charge is -2.40. The molecule has 3 rings (SSSR count). The molecule has 0 radical (unpaired) electrons. The number of methoxy groups -OCH3 is 1. The summed E-state index contributed by atoms with van der Waals surface area (Å²) in [7, 11) is 1.77. The molecule has 2 atom stereocenters. The molecule has 1 aliphatic heterocycles. The largest absolute Gasteiger partial charge is 0.497 e. The molecule has 2 bridgehead atoms. The summed E-state index contributed by atoms with van der Waals surface area (Å²) in [6.45, 7) is 4.87. The highest BCUT2D eigenvalue weighted by molar-refractivity contribution is 8.93. The second-order valence-corrected chi connectivity index (χ2v) is 6.55. The Balaban J connectivity index is 0.00000161. The smallest absolute Gasteiger partial charge is 0.119 e. The van der Waals surface area contributed by atoms with E-state index in [-0.39, 0.29) is 17.0 Å². The van der Waals surface area contributed by atoms with Gasteiger partial charge in [0.05, 0.1) is 7.11 Å². The number of nitrogens with zero attached hydrogens (tertiary/aromatic N) is 1. The predicted molar refractivity (Wildman–Crippen MR) is 93.7 cm³/mol. The second kappa shape index (κ2) is 7.15. The topological polar surface area (TPSA) is 12.5 Å². The number of rotatable bonds is 5. The lowest BCUT2D eigenvalue weighted by Crippen LogP contribution is -2.43. The van der Waals surface area contributed by atoms with Gasteiger partial charge in [0, 0.05) is 6.04 Å². The summed E-state index contributed by atoms with van der Waals surface area (Å²) in [6.07, 6.45) is 8.06. The Kier molecular flexibility index (Phi) is 5.73. The molecule has 0 aromatic heterocycles. The Morgan fingerprint density at radius 3 is 2.95 bits per heavy atom. The number of benzene rings is 1. The third-order valence-electron chi connectivity index (χ3n) is 5.46. The fourth-order valence-electron chi connectivity index (χ4n) is 4.19. The first-order chi connectivity index (χ1) is 9.77. The van der Waals surface area contributed by atoms with Crippen molar-refractivity contribution in [3.8, 4) is 5.75 Å². The molecule has 0 N–H and O–H groups in total. The van der Waals surface area contributed by atoms with E-state index in [1.807, 2.05) is 0 Å². The lowest BCUT2D eigenvalue weighted by molar-refractivity contribution is 0.139. The van der Waals surface area contributed by atoms with E-state index in [2.05, 4.69) is 36.1 Å². The van der Waals surface area contributed by atoms with Crippen molar-refractivity contribution in [2.75, 3.05) is 20.2 Å². The molecular formula is C18H28BrNO. The van der Waals surface area contributed by atoms with Gasteiger partial charge in [-0.3, -0.25) is 0 Å². The van der Waals surface area contributed by atoms with Crippen LogP contribution in [0.2, 0.25) is 0 Å². The Hall–Kier alpha value is -0.540. The molecule has 1 heterocycles. The highest BCUT2D eigenvalue weighted by Gasteiger charge is 2.46. The van der Waals surface area contributed by atoms with E-state index in [4.69, 9.17) is 4.74 Å². The number of likely N-dealkylation sites (tertiary alicyclic amines) is 1. The van der Waals surface area contributed by atoms with Gasteiger partial charge < -0.3 is 9.64 Å². The van der Waals surface area contributed by atoms with Crippen LogP contribution in [0.15, 0.2) is 24.3 Å². The fourth-order valence-corrected chi connectivity index (χ4v) is 4.19. The summed E-state index contributed by atoms with van der Waals surface area (Å²) in [5.74, 6) is 1.01. The average molecular weight is 354 g/mol. The monoisotopic (exact) mass is 353 g/mol. The third-order valence-corrected chi connectivity index (χ3v) is 5.46. The van der Waals surface area contributed by atoms with Crippen LogP contribution >= 0.6 is 17.0 Å². The van der Waals surface area contributed by atoms with Gasteiger partial charge in [0.15, 0.2) is 0 Å². The molecule has 1 saturated heterocycles. The number of hydrogen-bond donors (Lipinski definition) is 0. The summed E-state index contributed by atoms with van der Waals surface area (Å²) in [5.41, 5.74) is 1.94. The van der Waals surface area contributed by atoms with Gasteiger partial charge in [-0.2, -0.15) is 0 Å². The van der Waals surface area contributed by atoms with Crippen LogP contribution in [0.4, 0.5) is 0 Å². The van der Waals surface area contributed by atoms with Crippen LogP contribution in [-0.4, -0.2) is 31.1 Å². The zero-order valence-corrected chi connectivity index (χ0v) is 15.0. The highest BCUT2D eigenvalue weighted by Crippen LogP contribution is 2.49. The van der Waals surface area contributed by atoms with E-state index in [9.17, 15) is 0 Å². The molecule has 2 nitrogen and oxygen atoms in total. The molecule has 0 spiro atoms. The van der Waals surface area contributed by atoms with Crippen molar-refractivity contribution in [3.05, 3.63) is 29.8 Å². The van der Waals surface area contributed by atoms with Crippen molar-refractivity contribution in [2.45, 2.75) is 56.9 Å². The molecule has 2 unspecified atom stereocenters. The van der Waals surface area contributed by atoms with Gasteiger partial charge in [-0.05, 0) is 68.3 Å². The Morgan fingerprint density at radius 2 is 2.19 bits per heavy atom. The van der Waals surface area contributed by atoms with Crippen LogP contribution < -0.4 is 4.74 Å². The van der Waals surface area contributed by atoms with Crippen LogP contribution in [0.1, 0.15) is 51.0 Å². The van der Waals surface area contributed by atoms with Crippen molar-refractivity contribution in [3.63, 3.8) is 0 Å². The molecule has 1 aromatic carbocycles. The van der Waals surface area contributed by atoms with Crippen LogP contribution in [-0.2, 0) is 5.41 Å². The van der Waals surface area contributed by atoms with E-state index in [1.165, 1.54) is 57.2 Å². The molecule has 1 aliphatic carbocycles. The Bertz CT molecular complexity index is 464. The van der Waals surface area contributed by atoms with Gasteiger partial charge in [0.25, 0.3) is 0 Å². The molecule has 1 saturated carbocycles. The number of piperidine rings is 1. The van der Waals surface area contributed by atoms with Crippen molar-refractivity contribution < 1.29 is 4.74 Å². The van der Waals surface area contributed by atoms with Crippen molar-refractivity contribution in [1.82, 2.24) is 4.90 Å². The molecule has 2 aliphatic rings. The highest BCUT2D eigenvalue weighted by atomic mass is 79.9. The molecule has 21 heavy (non-hydrogen) atoms. The minimum absolute atomic E-state index is 0. The average Bonchev–Trinajstić information content (AvgIpc) is 2.86. The van der Waals surface area contributed by atoms with E-state index in [0.29, 0.717) is 5.41 Å². The number of unbranched alkanes of at least 4 members (excludes halogenated alkanes) is 1. The first-order valence-electron chi connectivity index (χ1n) is 8.16. The normalized spacial score (nSPS) is 28.2. The SMILES string of the molecule is Br.CCCCN1CCC2(c3cccc(OC)c3)CCC1C2. The van der Waals surface area contributed by atoms with Crippen molar-refractivity contribution >= 4 is 17.0 Å². The fraction of sp³-hybridized carbons (Fsp3) is 0.667. The van der Waals surface area contributed by atoms with E-state index in [0.717, 1.165) is 11.8 Å². The number of hydrogen-bond acceptors (Lipinski definition) is 2. The lowest BCUT2D eigenvalue weighted by atomic mass is 9.74. The summed E-state index contributed by atoms with van der Waals surface area (Å²) < 4.78 is 5.41. The van der Waals surface area contributed by atoms with Gasteiger partial charge in [0.2, 0.25) is 0 Å². The van der Waals surface area contributed by atoms with Gasteiger partial charge >= 0.3 is 0 Å². The van der Waals surface area contributed by atoms with Crippen LogP contribution in [0.3, 0.4) is 0 Å². The van der Waals surface area contributed by atoms with E-state index >= 15 is 0 Å². The minimum atomic E-state index is 0. The molecule has 1 aromatic rings. The molecule has 118 valence electrons. The Labute approximate surface area is 139 Å². The van der Waals surface area contributed by atoms with Crippen molar-refractivity contribution in [2.24, 2.45) is 0 Å². The van der Waals surface area contributed by atoms with E-state index < -0.39 is 0 Å². The standard InChI is InChI=1S/C18H27NO.BrH/c1-3-4-11-19-12-10-18(9-8-16(19)14-18)15-6-5-7-17(13-15)20-2;/h5-7,13,16H,3-4,8-12,14H2,1-2H3;1H. The maximum absolute atomic E-state index is 5.41.